The second-order valence-electron chi connectivity index (χ2n) is 6.10. The number of hydrogen-bond acceptors (Lipinski definition) is 0. The summed E-state index contributed by atoms with van der Waals surface area (Å²) in [5.74, 6) is 0. The molecule has 0 saturated carbocycles. The number of benzene rings is 1. The highest BCUT2D eigenvalue weighted by atomic mass is 127. The lowest BCUT2D eigenvalue weighted by Gasteiger charge is -2.33. The van der Waals surface area contributed by atoms with Gasteiger partial charge in [-0.3, -0.25) is 0 Å². The maximum atomic E-state index is 2.45. The maximum absolute atomic E-state index is 2.45. The minimum absolute atomic E-state index is 1.26. The fourth-order valence-electron chi connectivity index (χ4n) is 3.16. The highest BCUT2D eigenvalue weighted by Gasteiger charge is 2.32. The predicted octanol–water partition coefficient (Wildman–Crippen LogP) is 6.35. The molecular weight excluding hydrogens is 371 g/mol. The molecule has 0 aliphatic rings. The second-order valence-corrected chi connectivity index (χ2v) is 12.0. The first-order valence-corrected chi connectivity index (χ1v) is 12.1. The van der Waals surface area contributed by atoms with Crippen molar-refractivity contribution in [3.63, 3.8) is 0 Å². The Bertz CT molecular complexity index is 336. The minimum Gasteiger partial charge on any atom is -0.0654 e. The lowest BCUT2D eigenvalue weighted by molar-refractivity contribution is 0.800. The van der Waals surface area contributed by atoms with Crippen LogP contribution in [-0.4, -0.2) is 8.07 Å². The molecule has 0 fully saturated rings. The van der Waals surface area contributed by atoms with Crippen molar-refractivity contribution in [1.29, 1.82) is 0 Å². The van der Waals surface area contributed by atoms with Crippen molar-refractivity contribution in [3.05, 3.63) is 27.8 Å². The molecule has 1 aromatic carbocycles. The Kier molecular flexibility index (Phi) is 9.10. The highest BCUT2D eigenvalue weighted by Crippen LogP contribution is 2.28. The third-order valence-electron chi connectivity index (χ3n) is 4.48. The summed E-state index contributed by atoms with van der Waals surface area (Å²) >= 11 is 2.43. The van der Waals surface area contributed by atoms with Crippen LogP contribution in [0.15, 0.2) is 24.3 Å². The average Bonchev–Trinajstić information content (AvgIpc) is 2.48. The van der Waals surface area contributed by atoms with Crippen LogP contribution in [0.25, 0.3) is 0 Å². The predicted molar refractivity (Wildman–Crippen MR) is 104 cm³/mol. The molecule has 0 atom stereocenters. The van der Waals surface area contributed by atoms with E-state index in [0.717, 1.165) is 0 Å². The molecule has 2 heteroatoms. The first-order valence-electron chi connectivity index (χ1n) is 8.44. The van der Waals surface area contributed by atoms with Gasteiger partial charge in [0.15, 0.2) is 0 Å². The van der Waals surface area contributed by atoms with Crippen LogP contribution in [0.5, 0.6) is 0 Å². The smallest absolute Gasteiger partial charge is 0.0654 e. The van der Waals surface area contributed by atoms with Gasteiger partial charge in [-0.1, -0.05) is 94.7 Å². The molecule has 20 heavy (non-hydrogen) atoms. The van der Waals surface area contributed by atoms with Crippen LogP contribution in [0.3, 0.4) is 0 Å². The monoisotopic (exact) mass is 402 g/mol. The molecule has 0 saturated heterocycles. The summed E-state index contributed by atoms with van der Waals surface area (Å²) < 4.78 is 1.37. The van der Waals surface area contributed by atoms with Crippen LogP contribution in [0, 0.1) is 3.57 Å². The Morgan fingerprint density at radius 1 is 0.750 bits per heavy atom. The van der Waals surface area contributed by atoms with Crippen LogP contribution < -0.4 is 5.19 Å². The number of hydrogen-bond donors (Lipinski definition) is 0. The van der Waals surface area contributed by atoms with E-state index in [4.69, 9.17) is 0 Å². The minimum atomic E-state index is -1.26. The molecule has 114 valence electrons. The normalized spacial score (nSPS) is 11.8. The van der Waals surface area contributed by atoms with E-state index in [9.17, 15) is 0 Å². The first kappa shape index (κ1) is 18.2. The van der Waals surface area contributed by atoms with E-state index in [1.165, 1.54) is 60.2 Å². The topological polar surface area (TPSA) is 0 Å². The fourth-order valence-corrected chi connectivity index (χ4v) is 9.10. The van der Waals surface area contributed by atoms with Gasteiger partial charge in [-0.05, 0) is 34.7 Å². The summed E-state index contributed by atoms with van der Waals surface area (Å²) in [6.45, 7) is 7.02. The Labute approximate surface area is 140 Å². The van der Waals surface area contributed by atoms with E-state index in [-0.39, 0.29) is 0 Å². The van der Waals surface area contributed by atoms with Crippen molar-refractivity contribution >= 4 is 35.9 Å². The fraction of sp³-hybridized carbons (Fsp3) is 0.667. The molecule has 0 aromatic heterocycles. The van der Waals surface area contributed by atoms with Gasteiger partial charge >= 0.3 is 0 Å². The summed E-state index contributed by atoms with van der Waals surface area (Å²) in [6, 6.07) is 14.1. The number of halogens is 1. The Balaban J connectivity index is 3.00. The first-order chi connectivity index (χ1) is 9.68. The standard InChI is InChI=1S/C18H31ISi/c1-4-7-14-20(15-8-5-2,16-9-6-3)18-12-10-17(19)11-13-18/h10-13H,4-9,14-16H2,1-3H3. The molecule has 0 aliphatic heterocycles. The lowest BCUT2D eigenvalue weighted by Crippen LogP contribution is -2.47. The molecule has 0 radical (unpaired) electrons. The van der Waals surface area contributed by atoms with Gasteiger partial charge in [0.2, 0.25) is 0 Å². The largest absolute Gasteiger partial charge is 0.0867 e. The van der Waals surface area contributed by atoms with Gasteiger partial charge in [-0.2, -0.15) is 0 Å². The van der Waals surface area contributed by atoms with E-state index in [2.05, 4.69) is 67.6 Å². The van der Waals surface area contributed by atoms with Gasteiger partial charge in [-0.15, -0.1) is 0 Å². The molecule has 0 amide bonds. The zero-order valence-corrected chi connectivity index (χ0v) is 16.7. The van der Waals surface area contributed by atoms with E-state index < -0.39 is 8.07 Å². The van der Waals surface area contributed by atoms with E-state index in [1.807, 2.05) is 0 Å². The molecule has 1 aromatic rings. The highest BCUT2D eigenvalue weighted by molar-refractivity contribution is 14.1. The molecule has 1 rings (SSSR count). The second kappa shape index (κ2) is 9.99. The summed E-state index contributed by atoms with van der Waals surface area (Å²) in [5.41, 5.74) is 0. The third-order valence-corrected chi connectivity index (χ3v) is 10.7. The molecule has 0 bridgehead atoms. The quantitative estimate of drug-likeness (QED) is 0.316. The summed E-state index contributed by atoms with van der Waals surface area (Å²) in [6.07, 6.45) is 8.30. The van der Waals surface area contributed by atoms with Crippen LogP contribution in [0.4, 0.5) is 0 Å². The molecule has 0 unspecified atom stereocenters. The molecule has 0 nitrogen and oxygen atoms in total. The van der Waals surface area contributed by atoms with Crippen molar-refractivity contribution in [3.8, 4) is 0 Å². The van der Waals surface area contributed by atoms with Crippen molar-refractivity contribution in [2.45, 2.75) is 77.4 Å². The molecule has 0 aliphatic carbocycles. The third kappa shape index (κ3) is 5.51. The maximum Gasteiger partial charge on any atom is 0.0867 e. The van der Waals surface area contributed by atoms with E-state index in [1.54, 1.807) is 5.19 Å². The average molecular weight is 402 g/mol. The Morgan fingerprint density at radius 3 is 1.50 bits per heavy atom. The van der Waals surface area contributed by atoms with Gasteiger partial charge in [0.05, 0.1) is 8.07 Å². The lowest BCUT2D eigenvalue weighted by atomic mass is 10.4. The summed E-state index contributed by atoms with van der Waals surface area (Å²) in [5, 5.41) is 1.73. The Morgan fingerprint density at radius 2 is 1.15 bits per heavy atom. The molecule has 0 spiro atoms. The van der Waals surface area contributed by atoms with Crippen LogP contribution >= 0.6 is 22.6 Å². The van der Waals surface area contributed by atoms with Gasteiger partial charge in [0, 0.05) is 3.57 Å². The van der Waals surface area contributed by atoms with Gasteiger partial charge in [0.1, 0.15) is 0 Å². The SMILES string of the molecule is CCCC[Si](CCCC)(CCCC)c1ccc(I)cc1. The van der Waals surface area contributed by atoms with Crippen LogP contribution in [0.2, 0.25) is 18.1 Å². The van der Waals surface area contributed by atoms with Crippen molar-refractivity contribution in [2.75, 3.05) is 0 Å². The molecule has 0 N–H and O–H groups in total. The van der Waals surface area contributed by atoms with Crippen molar-refractivity contribution in [1.82, 2.24) is 0 Å². The van der Waals surface area contributed by atoms with E-state index >= 15 is 0 Å². The zero-order valence-electron chi connectivity index (χ0n) is 13.6. The summed E-state index contributed by atoms with van der Waals surface area (Å²) in [7, 11) is -1.26. The van der Waals surface area contributed by atoms with Gasteiger partial charge < -0.3 is 0 Å². The molecule has 0 heterocycles. The van der Waals surface area contributed by atoms with E-state index in [0.29, 0.717) is 0 Å². The number of rotatable bonds is 10. The number of unbranched alkanes of at least 4 members (excludes halogenated alkanes) is 3. The van der Waals surface area contributed by atoms with Crippen LogP contribution in [0.1, 0.15) is 59.3 Å². The van der Waals surface area contributed by atoms with Gasteiger partial charge in [0.25, 0.3) is 0 Å². The van der Waals surface area contributed by atoms with Gasteiger partial charge in [-0.25, -0.2) is 0 Å². The van der Waals surface area contributed by atoms with Crippen molar-refractivity contribution in [2.24, 2.45) is 0 Å². The molecular formula is C18H31ISi. The van der Waals surface area contributed by atoms with Crippen LogP contribution in [-0.2, 0) is 0 Å². The zero-order chi connectivity index (χ0) is 14.8. The van der Waals surface area contributed by atoms with Crippen molar-refractivity contribution < 1.29 is 0 Å². The summed E-state index contributed by atoms with van der Waals surface area (Å²) in [4.78, 5) is 0. The Hall–Kier alpha value is 0.167.